The minimum atomic E-state index is -0.0579. The van der Waals surface area contributed by atoms with Gasteiger partial charge >= 0.3 is 0 Å². The molecule has 3 rings (SSSR count). The molecular weight excluding hydrogens is 218 g/mol. The fourth-order valence-corrected chi connectivity index (χ4v) is 2.10. The molecule has 1 aliphatic carbocycles. The lowest BCUT2D eigenvalue weighted by Crippen LogP contribution is -2.11. The van der Waals surface area contributed by atoms with Gasteiger partial charge in [0.05, 0.1) is 5.41 Å². The highest BCUT2D eigenvalue weighted by atomic mass is 16.6. The van der Waals surface area contributed by atoms with Crippen LogP contribution in [0.2, 0.25) is 0 Å². The molecule has 1 fully saturated rings. The highest BCUT2D eigenvalue weighted by molar-refractivity contribution is 5.38. The van der Waals surface area contributed by atoms with Gasteiger partial charge in [0, 0.05) is 0 Å². The van der Waals surface area contributed by atoms with Gasteiger partial charge < -0.3 is 4.52 Å². The van der Waals surface area contributed by atoms with Crippen LogP contribution in [0.5, 0.6) is 0 Å². The topological polar surface area (TPSA) is 74.2 Å². The lowest BCUT2D eigenvalue weighted by molar-refractivity contribution is 0.0995. The first-order valence-corrected chi connectivity index (χ1v) is 5.55. The molecule has 88 valence electrons. The first-order valence-electron chi connectivity index (χ1n) is 5.55. The molecule has 0 unspecified atom stereocenters. The molecule has 2 N–H and O–H groups in total. The first kappa shape index (κ1) is 10.4. The van der Waals surface area contributed by atoms with Gasteiger partial charge in [0.25, 0.3) is 5.89 Å². The van der Waals surface area contributed by atoms with E-state index < -0.39 is 0 Å². The Hall–Kier alpha value is -1.72. The molecule has 0 saturated heterocycles. The molecule has 0 spiro atoms. The van der Waals surface area contributed by atoms with E-state index in [0.717, 1.165) is 18.7 Å². The van der Waals surface area contributed by atoms with Gasteiger partial charge in [-0.2, -0.15) is 4.98 Å². The summed E-state index contributed by atoms with van der Waals surface area (Å²) in [6.07, 6.45) is 2.11. The number of hydrogen-bond acceptors (Lipinski definition) is 5. The van der Waals surface area contributed by atoms with Crippen LogP contribution in [0, 0.1) is 0 Å². The number of nitrogens with zero attached hydrogens (tertiary/aromatic N) is 2. The van der Waals surface area contributed by atoms with Crippen molar-refractivity contribution in [2.24, 2.45) is 5.90 Å². The zero-order valence-electron chi connectivity index (χ0n) is 9.30. The molecule has 0 aliphatic heterocycles. The number of nitrogens with two attached hydrogens (primary N) is 1. The van der Waals surface area contributed by atoms with Crippen molar-refractivity contribution in [2.75, 3.05) is 0 Å². The summed E-state index contributed by atoms with van der Waals surface area (Å²) in [4.78, 5) is 8.81. The minimum absolute atomic E-state index is 0.0579. The largest absolute Gasteiger partial charge is 0.337 e. The summed E-state index contributed by atoms with van der Waals surface area (Å²) in [5, 5.41) is 4.02. The smallest absolute Gasteiger partial charge is 0.254 e. The lowest BCUT2D eigenvalue weighted by atomic mass is 9.95. The molecule has 1 saturated carbocycles. The first-order chi connectivity index (χ1) is 8.35. The van der Waals surface area contributed by atoms with Gasteiger partial charge in [-0.15, -0.1) is 0 Å². The average molecular weight is 231 g/mol. The van der Waals surface area contributed by atoms with E-state index in [-0.39, 0.29) is 12.0 Å². The van der Waals surface area contributed by atoms with E-state index in [2.05, 4.69) is 27.1 Å². The monoisotopic (exact) mass is 231 g/mol. The van der Waals surface area contributed by atoms with Crippen molar-refractivity contribution in [3.05, 3.63) is 47.6 Å². The van der Waals surface area contributed by atoms with Crippen molar-refractivity contribution in [1.29, 1.82) is 0 Å². The van der Waals surface area contributed by atoms with Gasteiger partial charge in [-0.25, -0.2) is 5.90 Å². The SMILES string of the molecule is NOCc1nc(C2(c3ccccc3)CC2)no1. The molecule has 1 aliphatic rings. The van der Waals surface area contributed by atoms with Crippen LogP contribution in [-0.2, 0) is 16.9 Å². The third-order valence-electron chi connectivity index (χ3n) is 3.18. The average Bonchev–Trinajstić information content (AvgIpc) is 3.06. The second-order valence-corrected chi connectivity index (χ2v) is 4.27. The summed E-state index contributed by atoms with van der Waals surface area (Å²) in [5.41, 5.74) is 1.18. The standard InChI is InChI=1S/C12H13N3O2/c13-16-8-10-14-11(15-17-10)12(6-7-12)9-4-2-1-3-5-9/h1-5H,6-8,13H2. The molecule has 1 heterocycles. The van der Waals surface area contributed by atoms with E-state index >= 15 is 0 Å². The molecule has 0 amide bonds. The van der Waals surface area contributed by atoms with Crippen LogP contribution in [0.3, 0.4) is 0 Å². The summed E-state index contributed by atoms with van der Waals surface area (Å²) < 4.78 is 5.09. The van der Waals surface area contributed by atoms with E-state index in [1.807, 2.05) is 18.2 Å². The summed E-state index contributed by atoms with van der Waals surface area (Å²) in [6, 6.07) is 10.3. The Balaban J connectivity index is 1.92. The van der Waals surface area contributed by atoms with E-state index in [9.17, 15) is 0 Å². The number of hydrogen-bond donors (Lipinski definition) is 1. The van der Waals surface area contributed by atoms with Crippen LogP contribution in [0.4, 0.5) is 0 Å². The summed E-state index contributed by atoms with van der Waals surface area (Å²) in [6.45, 7) is 0.151. The molecule has 1 aromatic heterocycles. The highest BCUT2D eigenvalue weighted by Gasteiger charge is 2.49. The van der Waals surface area contributed by atoms with Gasteiger partial charge in [0.1, 0.15) is 6.61 Å². The van der Waals surface area contributed by atoms with Gasteiger partial charge in [-0.3, -0.25) is 4.84 Å². The fraction of sp³-hybridized carbons (Fsp3) is 0.333. The minimum Gasteiger partial charge on any atom is -0.337 e. The zero-order valence-corrected chi connectivity index (χ0v) is 9.30. The zero-order chi connectivity index (χ0) is 11.7. The Labute approximate surface area is 98.5 Å². The second-order valence-electron chi connectivity index (χ2n) is 4.27. The van der Waals surface area contributed by atoms with Crippen LogP contribution in [0.15, 0.2) is 34.9 Å². The molecule has 5 heteroatoms. The molecule has 17 heavy (non-hydrogen) atoms. The van der Waals surface area contributed by atoms with E-state index in [0.29, 0.717) is 5.89 Å². The number of rotatable bonds is 4. The van der Waals surface area contributed by atoms with Crippen LogP contribution in [0.1, 0.15) is 30.1 Å². The predicted octanol–water partition coefficient (Wildman–Crippen LogP) is 1.54. The fourth-order valence-electron chi connectivity index (χ4n) is 2.10. The Bertz CT molecular complexity index is 505. The van der Waals surface area contributed by atoms with Crippen molar-refractivity contribution in [3.8, 4) is 0 Å². The van der Waals surface area contributed by atoms with E-state index in [1.165, 1.54) is 5.56 Å². The predicted molar refractivity (Wildman–Crippen MR) is 59.7 cm³/mol. The summed E-state index contributed by atoms with van der Waals surface area (Å²) >= 11 is 0. The maximum atomic E-state index is 5.09. The molecule has 1 aromatic carbocycles. The van der Waals surface area contributed by atoms with Crippen LogP contribution >= 0.6 is 0 Å². The van der Waals surface area contributed by atoms with Gasteiger partial charge in [-0.05, 0) is 18.4 Å². The molecular formula is C12H13N3O2. The Kier molecular flexibility index (Phi) is 2.42. The Morgan fingerprint density at radius 2 is 2.06 bits per heavy atom. The molecule has 0 bridgehead atoms. The van der Waals surface area contributed by atoms with Crippen molar-refractivity contribution >= 4 is 0 Å². The van der Waals surface area contributed by atoms with Gasteiger partial charge in [0.15, 0.2) is 5.82 Å². The van der Waals surface area contributed by atoms with Crippen LogP contribution in [0.25, 0.3) is 0 Å². The van der Waals surface area contributed by atoms with Crippen molar-refractivity contribution in [3.63, 3.8) is 0 Å². The summed E-state index contributed by atoms with van der Waals surface area (Å²) in [7, 11) is 0. The Morgan fingerprint density at radius 1 is 1.29 bits per heavy atom. The van der Waals surface area contributed by atoms with Gasteiger partial charge in [0.2, 0.25) is 0 Å². The lowest BCUT2D eigenvalue weighted by Gasteiger charge is -2.09. The van der Waals surface area contributed by atoms with Crippen LogP contribution < -0.4 is 5.90 Å². The molecule has 5 nitrogen and oxygen atoms in total. The van der Waals surface area contributed by atoms with Crippen molar-refractivity contribution in [1.82, 2.24) is 10.1 Å². The highest BCUT2D eigenvalue weighted by Crippen LogP contribution is 2.52. The molecule has 0 radical (unpaired) electrons. The maximum absolute atomic E-state index is 5.09. The third kappa shape index (κ3) is 1.73. The van der Waals surface area contributed by atoms with E-state index in [4.69, 9.17) is 10.4 Å². The van der Waals surface area contributed by atoms with Crippen LogP contribution in [-0.4, -0.2) is 10.1 Å². The quantitative estimate of drug-likeness (QED) is 0.808. The Morgan fingerprint density at radius 3 is 2.71 bits per heavy atom. The normalized spacial score (nSPS) is 17.0. The summed E-state index contributed by atoms with van der Waals surface area (Å²) in [5.74, 6) is 6.13. The maximum Gasteiger partial charge on any atom is 0.254 e. The van der Waals surface area contributed by atoms with Crippen molar-refractivity contribution < 1.29 is 9.36 Å². The van der Waals surface area contributed by atoms with Crippen molar-refractivity contribution in [2.45, 2.75) is 24.9 Å². The van der Waals surface area contributed by atoms with Gasteiger partial charge in [-0.1, -0.05) is 35.5 Å². The second kappa shape index (κ2) is 3.94. The molecule has 0 atom stereocenters. The third-order valence-corrected chi connectivity index (χ3v) is 3.18. The number of aromatic nitrogens is 2. The molecule has 2 aromatic rings. The number of benzene rings is 1. The van der Waals surface area contributed by atoms with E-state index in [1.54, 1.807) is 0 Å².